The summed E-state index contributed by atoms with van der Waals surface area (Å²) in [5, 5.41) is 9.10. The van der Waals surface area contributed by atoms with Gasteiger partial charge in [0.05, 0.1) is 5.57 Å². The van der Waals surface area contributed by atoms with Crippen molar-refractivity contribution in [2.75, 3.05) is 14.2 Å². The Hall–Kier alpha value is -1.63. The zero-order chi connectivity index (χ0) is 12.8. The molecule has 0 aliphatic heterocycles. The Morgan fingerprint density at radius 3 is 2.47 bits per heavy atom. The highest BCUT2D eigenvalue weighted by molar-refractivity contribution is 5.61. The molecule has 0 N–H and O–H groups in total. The zero-order valence-corrected chi connectivity index (χ0v) is 10.7. The van der Waals surface area contributed by atoms with Crippen LogP contribution in [0, 0.1) is 25.2 Å². The fourth-order valence-corrected chi connectivity index (χ4v) is 1.60. The number of aryl methyl sites for hydroxylation is 1. The Kier molecular flexibility index (Phi) is 4.89. The second-order valence-electron chi connectivity index (χ2n) is 3.80. The quantitative estimate of drug-likeness (QED) is 0.591. The van der Waals surface area contributed by atoms with Gasteiger partial charge in [-0.1, -0.05) is 18.2 Å². The molecule has 0 saturated heterocycles. The average Bonchev–Trinajstić information content (AvgIpc) is 2.34. The number of nitrogens with zero attached hydrogens (tertiary/aromatic N) is 1. The van der Waals surface area contributed by atoms with E-state index in [0.29, 0.717) is 5.57 Å². The summed E-state index contributed by atoms with van der Waals surface area (Å²) in [5.74, 6) is 0. The summed E-state index contributed by atoms with van der Waals surface area (Å²) in [5.41, 5.74) is 3.83. The van der Waals surface area contributed by atoms with Crippen LogP contribution in [0.3, 0.4) is 0 Å². The molecular weight excluding hydrogens is 214 g/mol. The van der Waals surface area contributed by atoms with Crippen LogP contribution in [0.15, 0.2) is 23.8 Å². The van der Waals surface area contributed by atoms with Crippen LogP contribution in [0.2, 0.25) is 0 Å². The van der Waals surface area contributed by atoms with Crippen molar-refractivity contribution in [3.05, 3.63) is 40.5 Å². The summed E-state index contributed by atoms with van der Waals surface area (Å²) in [7, 11) is 3.03. The maximum atomic E-state index is 9.10. The van der Waals surface area contributed by atoms with Gasteiger partial charge in [0, 0.05) is 14.2 Å². The van der Waals surface area contributed by atoms with Crippen molar-refractivity contribution in [1.82, 2.24) is 0 Å². The van der Waals surface area contributed by atoms with Gasteiger partial charge < -0.3 is 9.47 Å². The molecule has 1 aromatic rings. The molecule has 90 valence electrons. The molecule has 0 unspecified atom stereocenters. The Morgan fingerprint density at radius 2 is 1.94 bits per heavy atom. The van der Waals surface area contributed by atoms with E-state index in [0.717, 1.165) is 11.1 Å². The first-order valence-corrected chi connectivity index (χ1v) is 5.37. The van der Waals surface area contributed by atoms with E-state index in [-0.39, 0.29) is 0 Å². The van der Waals surface area contributed by atoms with Crippen LogP contribution in [0.1, 0.15) is 16.7 Å². The first kappa shape index (κ1) is 13.4. The molecule has 0 aliphatic rings. The highest BCUT2D eigenvalue weighted by atomic mass is 16.7. The molecular formula is C14H17NO2. The van der Waals surface area contributed by atoms with Gasteiger partial charge in [-0.25, -0.2) is 0 Å². The van der Waals surface area contributed by atoms with Crippen LogP contribution in [0.4, 0.5) is 0 Å². The molecule has 3 nitrogen and oxygen atoms in total. The Labute approximate surface area is 102 Å². The summed E-state index contributed by atoms with van der Waals surface area (Å²) in [6, 6.07) is 8.10. The minimum absolute atomic E-state index is 0.462. The van der Waals surface area contributed by atoms with Gasteiger partial charge in [0.2, 0.25) is 0 Å². The fourth-order valence-electron chi connectivity index (χ4n) is 1.60. The van der Waals surface area contributed by atoms with E-state index in [1.54, 1.807) is 6.08 Å². The summed E-state index contributed by atoms with van der Waals surface area (Å²) in [6.45, 7) is 4.08. The van der Waals surface area contributed by atoms with Crippen molar-refractivity contribution < 1.29 is 9.47 Å². The molecule has 3 heteroatoms. The smallest absolute Gasteiger partial charge is 0.193 e. The van der Waals surface area contributed by atoms with Crippen molar-refractivity contribution in [2.45, 2.75) is 20.1 Å². The number of benzene rings is 1. The third kappa shape index (κ3) is 3.16. The van der Waals surface area contributed by atoms with Crippen LogP contribution >= 0.6 is 0 Å². The highest BCUT2D eigenvalue weighted by Crippen LogP contribution is 2.18. The molecule has 0 saturated carbocycles. The summed E-state index contributed by atoms with van der Waals surface area (Å²) >= 11 is 0. The van der Waals surface area contributed by atoms with Crippen molar-refractivity contribution in [1.29, 1.82) is 5.26 Å². The lowest BCUT2D eigenvalue weighted by Gasteiger charge is -2.12. The lowest BCUT2D eigenvalue weighted by molar-refractivity contribution is -0.0712. The molecule has 0 spiro atoms. The first-order valence-electron chi connectivity index (χ1n) is 5.37. The summed E-state index contributed by atoms with van der Waals surface area (Å²) in [4.78, 5) is 0. The molecule has 1 rings (SSSR count). The van der Waals surface area contributed by atoms with E-state index in [9.17, 15) is 0 Å². The normalized spacial score (nSPS) is 11.6. The number of hydrogen-bond donors (Lipinski definition) is 0. The number of methoxy groups -OCH3 is 2. The Morgan fingerprint density at radius 1 is 1.29 bits per heavy atom. The van der Waals surface area contributed by atoms with E-state index < -0.39 is 6.29 Å². The topological polar surface area (TPSA) is 42.2 Å². The lowest BCUT2D eigenvalue weighted by atomic mass is 10.0. The average molecular weight is 231 g/mol. The lowest BCUT2D eigenvalue weighted by Crippen LogP contribution is -2.15. The zero-order valence-electron chi connectivity index (χ0n) is 10.7. The van der Waals surface area contributed by atoms with Gasteiger partial charge >= 0.3 is 0 Å². The van der Waals surface area contributed by atoms with Crippen LogP contribution in [-0.2, 0) is 9.47 Å². The fraction of sp³-hybridized carbons (Fsp3) is 0.357. The molecule has 0 bridgehead atoms. The number of hydrogen-bond acceptors (Lipinski definition) is 3. The van der Waals surface area contributed by atoms with Gasteiger partial charge in [-0.05, 0) is 36.6 Å². The van der Waals surface area contributed by atoms with Crippen LogP contribution in [0.25, 0.3) is 6.08 Å². The van der Waals surface area contributed by atoms with Gasteiger partial charge in [-0.3, -0.25) is 0 Å². The maximum Gasteiger partial charge on any atom is 0.193 e. The van der Waals surface area contributed by atoms with Gasteiger partial charge in [0.1, 0.15) is 6.07 Å². The van der Waals surface area contributed by atoms with Crippen LogP contribution in [0.5, 0.6) is 0 Å². The number of nitriles is 1. The highest BCUT2D eigenvalue weighted by Gasteiger charge is 2.12. The van der Waals surface area contributed by atoms with E-state index >= 15 is 0 Å². The first-order chi connectivity index (χ1) is 8.13. The van der Waals surface area contributed by atoms with Crippen LogP contribution in [-0.4, -0.2) is 20.5 Å². The second kappa shape index (κ2) is 6.19. The summed E-state index contributed by atoms with van der Waals surface area (Å²) < 4.78 is 10.2. The molecule has 0 heterocycles. The molecule has 0 radical (unpaired) electrons. The van der Waals surface area contributed by atoms with Crippen molar-refractivity contribution in [3.8, 4) is 6.07 Å². The van der Waals surface area contributed by atoms with Crippen molar-refractivity contribution >= 4 is 6.08 Å². The Bertz CT molecular complexity index is 454. The Balaban J connectivity index is 3.16. The third-order valence-corrected chi connectivity index (χ3v) is 2.77. The summed E-state index contributed by atoms with van der Waals surface area (Å²) in [6.07, 6.45) is 1.19. The minimum Gasteiger partial charge on any atom is -0.351 e. The monoisotopic (exact) mass is 231 g/mol. The van der Waals surface area contributed by atoms with Gasteiger partial charge in [0.15, 0.2) is 6.29 Å². The molecule has 0 amide bonds. The van der Waals surface area contributed by atoms with Crippen LogP contribution < -0.4 is 0 Å². The largest absolute Gasteiger partial charge is 0.351 e. The molecule has 1 aromatic carbocycles. The van der Waals surface area contributed by atoms with Crippen molar-refractivity contribution in [2.24, 2.45) is 0 Å². The van der Waals surface area contributed by atoms with Gasteiger partial charge in [-0.15, -0.1) is 0 Å². The van der Waals surface area contributed by atoms with Crippen molar-refractivity contribution in [3.63, 3.8) is 0 Å². The van der Waals surface area contributed by atoms with E-state index in [1.165, 1.54) is 19.8 Å². The molecule has 0 aromatic heterocycles. The minimum atomic E-state index is -0.611. The second-order valence-corrected chi connectivity index (χ2v) is 3.80. The van der Waals surface area contributed by atoms with Gasteiger partial charge in [-0.2, -0.15) is 5.26 Å². The predicted octanol–water partition coefficient (Wildman–Crippen LogP) is 2.83. The van der Waals surface area contributed by atoms with E-state index in [2.05, 4.69) is 6.07 Å². The standard InChI is InChI=1S/C14H17NO2/c1-10-6-5-7-12(11(10)2)8-13(9-15)14(16-3)17-4/h5-8,14H,1-4H3. The van der Waals surface area contributed by atoms with Gasteiger partial charge in [0.25, 0.3) is 0 Å². The molecule has 17 heavy (non-hydrogen) atoms. The third-order valence-electron chi connectivity index (χ3n) is 2.77. The number of rotatable bonds is 4. The molecule has 0 atom stereocenters. The molecule has 0 fully saturated rings. The van der Waals surface area contributed by atoms with E-state index in [4.69, 9.17) is 14.7 Å². The maximum absolute atomic E-state index is 9.10. The molecule has 0 aliphatic carbocycles. The van der Waals surface area contributed by atoms with E-state index in [1.807, 2.05) is 32.0 Å². The SMILES string of the molecule is COC(OC)C(C#N)=Cc1cccc(C)c1C. The number of ether oxygens (including phenoxy) is 2. The predicted molar refractivity (Wildman–Crippen MR) is 67.3 cm³/mol.